The first-order valence-corrected chi connectivity index (χ1v) is 6.91. The summed E-state index contributed by atoms with van der Waals surface area (Å²) in [6.07, 6.45) is 0.842. The van der Waals surface area contributed by atoms with Gasteiger partial charge in [0.05, 0.1) is 0 Å². The Morgan fingerprint density at radius 2 is 1.95 bits per heavy atom. The molecule has 0 saturated carbocycles. The van der Waals surface area contributed by atoms with Crippen LogP contribution in [0.2, 0.25) is 0 Å². The van der Waals surface area contributed by atoms with Gasteiger partial charge < -0.3 is 9.64 Å². The molecule has 2 rings (SSSR count). The number of ether oxygens (including phenoxy) is 1. The Balaban J connectivity index is 2.43. The molecule has 1 aromatic rings. The molecule has 0 aromatic heterocycles. The zero-order valence-electron chi connectivity index (χ0n) is 12.2. The molecule has 3 heteroatoms. The van der Waals surface area contributed by atoms with Gasteiger partial charge in [0.1, 0.15) is 5.60 Å². The fourth-order valence-corrected chi connectivity index (χ4v) is 3.14. The van der Waals surface area contributed by atoms with Crippen molar-refractivity contribution in [1.29, 1.82) is 0 Å². The number of piperidine rings is 1. The number of carbonyl (C=O) groups is 1. The van der Waals surface area contributed by atoms with Gasteiger partial charge in [0.15, 0.2) is 0 Å². The molecule has 0 unspecified atom stereocenters. The van der Waals surface area contributed by atoms with Gasteiger partial charge in [-0.1, -0.05) is 37.3 Å². The quantitative estimate of drug-likeness (QED) is 0.767. The van der Waals surface area contributed by atoms with Crippen molar-refractivity contribution in [3.63, 3.8) is 0 Å². The molecule has 0 spiro atoms. The number of hydrogen-bond donors (Lipinski definition) is 0. The monoisotopic (exact) mass is 261 g/mol. The van der Waals surface area contributed by atoms with E-state index in [0.29, 0.717) is 6.04 Å². The van der Waals surface area contributed by atoms with Crippen LogP contribution in [0.1, 0.15) is 32.8 Å². The minimum absolute atomic E-state index is 0.201. The smallest absolute Gasteiger partial charge is 0.303 e. The molecule has 1 aliphatic heterocycles. The van der Waals surface area contributed by atoms with Crippen LogP contribution in [0.3, 0.4) is 0 Å². The van der Waals surface area contributed by atoms with Crippen molar-refractivity contribution in [3.05, 3.63) is 35.9 Å². The van der Waals surface area contributed by atoms with Gasteiger partial charge in [-0.05, 0) is 19.5 Å². The highest BCUT2D eigenvalue weighted by atomic mass is 16.6. The molecule has 1 aliphatic rings. The standard InChI is InChI=1S/C16H23NO2/c1-12-11-17(4)13(2)10-16(12,19-14(3)18)15-8-6-5-7-9-15/h5-9,12-13H,10-11H2,1-4H3/t12-,13+,16-/m0/s1. The maximum Gasteiger partial charge on any atom is 0.303 e. The summed E-state index contributed by atoms with van der Waals surface area (Å²) in [6, 6.07) is 10.5. The Morgan fingerprint density at radius 3 is 2.53 bits per heavy atom. The average Bonchev–Trinajstić information content (AvgIpc) is 2.36. The molecular weight excluding hydrogens is 238 g/mol. The van der Waals surface area contributed by atoms with E-state index in [1.807, 2.05) is 18.2 Å². The second kappa shape index (κ2) is 5.33. The molecule has 19 heavy (non-hydrogen) atoms. The predicted octanol–water partition coefficient (Wildman–Crippen LogP) is 2.81. The van der Waals surface area contributed by atoms with E-state index in [1.54, 1.807) is 0 Å². The molecule has 1 heterocycles. The van der Waals surface area contributed by atoms with Crippen molar-refractivity contribution in [3.8, 4) is 0 Å². The summed E-state index contributed by atoms with van der Waals surface area (Å²) < 4.78 is 5.83. The van der Waals surface area contributed by atoms with Crippen LogP contribution in [0.15, 0.2) is 30.3 Å². The fourth-order valence-electron chi connectivity index (χ4n) is 3.14. The number of hydrogen-bond acceptors (Lipinski definition) is 3. The molecule has 1 aromatic carbocycles. The van der Waals surface area contributed by atoms with Crippen LogP contribution in [0, 0.1) is 5.92 Å². The van der Waals surface area contributed by atoms with Crippen LogP contribution in [0.25, 0.3) is 0 Å². The van der Waals surface area contributed by atoms with E-state index in [1.165, 1.54) is 6.92 Å². The third kappa shape index (κ3) is 2.66. The number of likely N-dealkylation sites (tertiary alicyclic amines) is 1. The van der Waals surface area contributed by atoms with Crippen molar-refractivity contribution in [1.82, 2.24) is 4.90 Å². The summed E-state index contributed by atoms with van der Waals surface area (Å²) in [4.78, 5) is 13.9. The van der Waals surface area contributed by atoms with Gasteiger partial charge in [-0.25, -0.2) is 0 Å². The van der Waals surface area contributed by atoms with Crippen molar-refractivity contribution in [2.75, 3.05) is 13.6 Å². The Morgan fingerprint density at radius 1 is 1.32 bits per heavy atom. The van der Waals surface area contributed by atoms with Crippen molar-refractivity contribution in [2.24, 2.45) is 5.92 Å². The lowest BCUT2D eigenvalue weighted by molar-refractivity contribution is -0.175. The molecule has 0 N–H and O–H groups in total. The lowest BCUT2D eigenvalue weighted by Crippen LogP contribution is -2.53. The van der Waals surface area contributed by atoms with Crippen LogP contribution < -0.4 is 0 Å². The van der Waals surface area contributed by atoms with Crippen molar-refractivity contribution >= 4 is 5.97 Å². The summed E-state index contributed by atoms with van der Waals surface area (Å²) in [7, 11) is 2.13. The normalized spacial score (nSPS) is 32.0. The van der Waals surface area contributed by atoms with E-state index in [2.05, 4.69) is 37.9 Å². The number of benzene rings is 1. The number of nitrogens with zero attached hydrogens (tertiary/aromatic N) is 1. The van der Waals surface area contributed by atoms with Crippen LogP contribution >= 0.6 is 0 Å². The Hall–Kier alpha value is -1.35. The van der Waals surface area contributed by atoms with Crippen molar-refractivity contribution in [2.45, 2.75) is 38.8 Å². The zero-order valence-corrected chi connectivity index (χ0v) is 12.2. The fraction of sp³-hybridized carbons (Fsp3) is 0.562. The Labute approximate surface area is 115 Å². The van der Waals surface area contributed by atoms with Gasteiger partial charge in [-0.3, -0.25) is 4.79 Å². The first kappa shape index (κ1) is 14.1. The molecule has 0 amide bonds. The Bertz CT molecular complexity index is 445. The van der Waals surface area contributed by atoms with Gasteiger partial charge >= 0.3 is 5.97 Å². The van der Waals surface area contributed by atoms with Crippen LogP contribution in [-0.2, 0) is 15.1 Å². The van der Waals surface area contributed by atoms with Crippen LogP contribution in [-0.4, -0.2) is 30.5 Å². The molecule has 1 saturated heterocycles. The number of rotatable bonds is 2. The summed E-state index contributed by atoms with van der Waals surface area (Å²) in [5.41, 5.74) is 0.622. The highest BCUT2D eigenvalue weighted by Gasteiger charge is 2.46. The van der Waals surface area contributed by atoms with Gasteiger partial charge in [0, 0.05) is 31.8 Å². The maximum absolute atomic E-state index is 11.6. The SMILES string of the molecule is CC(=O)O[C@@]1(c2ccccc2)C[C@@H](C)N(C)C[C@@H]1C. The third-order valence-corrected chi connectivity index (χ3v) is 4.30. The van der Waals surface area contributed by atoms with E-state index in [9.17, 15) is 4.79 Å². The molecule has 0 radical (unpaired) electrons. The van der Waals surface area contributed by atoms with E-state index >= 15 is 0 Å². The first-order valence-electron chi connectivity index (χ1n) is 6.91. The van der Waals surface area contributed by atoms with Gasteiger partial charge in [0.2, 0.25) is 0 Å². The minimum atomic E-state index is -0.487. The molecule has 3 atom stereocenters. The maximum atomic E-state index is 11.6. The highest BCUT2D eigenvalue weighted by Crippen LogP contribution is 2.42. The average molecular weight is 261 g/mol. The van der Waals surface area contributed by atoms with Crippen LogP contribution in [0.5, 0.6) is 0 Å². The van der Waals surface area contributed by atoms with E-state index in [-0.39, 0.29) is 11.9 Å². The topological polar surface area (TPSA) is 29.5 Å². The molecular formula is C16H23NO2. The lowest BCUT2D eigenvalue weighted by Gasteiger charge is -2.48. The van der Waals surface area contributed by atoms with Crippen molar-refractivity contribution < 1.29 is 9.53 Å². The molecule has 3 nitrogen and oxygen atoms in total. The summed E-state index contributed by atoms with van der Waals surface area (Å²) in [6.45, 7) is 6.79. The van der Waals surface area contributed by atoms with E-state index in [4.69, 9.17) is 4.74 Å². The molecule has 0 aliphatic carbocycles. The highest BCUT2D eigenvalue weighted by molar-refractivity contribution is 5.67. The second-order valence-electron chi connectivity index (χ2n) is 5.74. The molecule has 104 valence electrons. The van der Waals surface area contributed by atoms with E-state index in [0.717, 1.165) is 18.5 Å². The number of carbonyl (C=O) groups excluding carboxylic acids is 1. The largest absolute Gasteiger partial charge is 0.454 e. The molecule has 0 bridgehead atoms. The van der Waals surface area contributed by atoms with Crippen LogP contribution in [0.4, 0.5) is 0 Å². The lowest BCUT2D eigenvalue weighted by atomic mass is 9.74. The summed E-state index contributed by atoms with van der Waals surface area (Å²) >= 11 is 0. The third-order valence-electron chi connectivity index (χ3n) is 4.30. The minimum Gasteiger partial charge on any atom is -0.454 e. The predicted molar refractivity (Wildman–Crippen MR) is 75.8 cm³/mol. The van der Waals surface area contributed by atoms with E-state index < -0.39 is 5.60 Å². The summed E-state index contributed by atoms with van der Waals surface area (Å²) in [5, 5.41) is 0. The number of esters is 1. The molecule has 1 fully saturated rings. The first-order chi connectivity index (χ1) is 8.95. The Kier molecular flexibility index (Phi) is 3.95. The zero-order chi connectivity index (χ0) is 14.0. The van der Waals surface area contributed by atoms with Gasteiger partial charge in [0.25, 0.3) is 0 Å². The van der Waals surface area contributed by atoms with Gasteiger partial charge in [-0.15, -0.1) is 0 Å². The second-order valence-corrected chi connectivity index (χ2v) is 5.74. The summed E-state index contributed by atoms with van der Waals surface area (Å²) in [5.74, 6) is 0.0763. The van der Waals surface area contributed by atoms with Gasteiger partial charge in [-0.2, -0.15) is 0 Å².